The molecule has 0 bridgehead atoms. The highest BCUT2D eigenvalue weighted by molar-refractivity contribution is 4.65. The molecule has 0 heterocycles. The fraction of sp³-hybridized carbons (Fsp3) is 0.571. The van der Waals surface area contributed by atoms with Crippen molar-refractivity contribution in [1.29, 1.82) is 0 Å². The fourth-order valence-electron chi connectivity index (χ4n) is 0.715. The van der Waals surface area contributed by atoms with Crippen molar-refractivity contribution in [2.75, 3.05) is 0 Å². The van der Waals surface area contributed by atoms with Gasteiger partial charge in [0.05, 0.1) is 0 Å². The summed E-state index contributed by atoms with van der Waals surface area (Å²) in [6.45, 7) is 33.6. The monoisotopic (exact) mass is 392 g/mol. The van der Waals surface area contributed by atoms with E-state index in [4.69, 9.17) is 0 Å². The number of hydrogen-bond acceptors (Lipinski definition) is 0. The normalized spacial score (nSPS) is 7.07. The molecule has 0 N–H and O–H groups in total. The average molecular weight is 393 g/mol. The molecule has 0 aliphatic carbocycles. The zero-order valence-electron chi connectivity index (χ0n) is 20.8. The Balaban J connectivity index is -0.0000000536. The van der Waals surface area contributed by atoms with Crippen molar-refractivity contribution in [3.63, 3.8) is 0 Å². The van der Waals surface area contributed by atoms with Gasteiger partial charge >= 0.3 is 0 Å². The summed E-state index contributed by atoms with van der Waals surface area (Å²) >= 11 is 0. The molecule has 0 aromatic rings. The van der Waals surface area contributed by atoms with Crippen LogP contribution in [0.15, 0.2) is 75.9 Å². The van der Waals surface area contributed by atoms with Gasteiger partial charge < -0.3 is 0 Å². The van der Waals surface area contributed by atoms with Crippen molar-refractivity contribution in [1.82, 2.24) is 0 Å². The Labute approximate surface area is 181 Å². The van der Waals surface area contributed by atoms with Crippen LogP contribution in [-0.2, 0) is 0 Å². The van der Waals surface area contributed by atoms with Gasteiger partial charge in [0.15, 0.2) is 0 Å². The minimum absolute atomic E-state index is 1.08. The highest BCUT2D eigenvalue weighted by Gasteiger charge is 1.81. The molecule has 0 aliphatic rings. The second kappa shape index (κ2) is 72.9. The summed E-state index contributed by atoms with van der Waals surface area (Å²) in [6, 6.07) is 0. The molecule has 168 valence electrons. The maximum atomic E-state index is 3.66. The molecule has 0 unspecified atom stereocenters. The SMILES string of the molecule is C=CCC.C=CCC.C=CCC.C=CCC.C=CCC.C=CCCCCCC. The molecular formula is C28H56. The number of rotatable bonds is 10. The zero-order chi connectivity index (χ0) is 23.3. The van der Waals surface area contributed by atoms with E-state index < -0.39 is 0 Å². The van der Waals surface area contributed by atoms with E-state index in [1.807, 2.05) is 36.5 Å². The molecule has 0 spiro atoms. The van der Waals surface area contributed by atoms with Crippen molar-refractivity contribution in [2.24, 2.45) is 0 Å². The second-order valence-electron chi connectivity index (χ2n) is 5.62. The molecule has 0 aromatic carbocycles. The van der Waals surface area contributed by atoms with Crippen LogP contribution in [0, 0.1) is 0 Å². The van der Waals surface area contributed by atoms with Gasteiger partial charge in [0.2, 0.25) is 0 Å². The summed E-state index contributed by atoms with van der Waals surface area (Å²) < 4.78 is 0. The first-order valence-electron chi connectivity index (χ1n) is 11.1. The second-order valence-corrected chi connectivity index (χ2v) is 5.62. The Morgan fingerprint density at radius 2 is 0.643 bits per heavy atom. The smallest absolute Gasteiger partial charge is 0.0353 e. The standard InChI is InChI=1S/C8H16.5C4H8/c1-3-5-7-8-6-4-2;5*1-3-4-2/h3H,1,4-8H2,2H3;5*3H,1,4H2,2H3. The Morgan fingerprint density at radius 3 is 0.786 bits per heavy atom. The topological polar surface area (TPSA) is 0 Å². The maximum absolute atomic E-state index is 3.66. The zero-order valence-corrected chi connectivity index (χ0v) is 20.8. The lowest BCUT2D eigenvalue weighted by atomic mass is 10.2. The van der Waals surface area contributed by atoms with Crippen LogP contribution in [0.1, 0.15) is 106 Å². The van der Waals surface area contributed by atoms with Gasteiger partial charge in [-0.15, -0.1) is 39.5 Å². The molecule has 0 fully saturated rings. The summed E-state index contributed by atoms with van der Waals surface area (Å²) in [5, 5.41) is 0. The van der Waals surface area contributed by atoms with Crippen LogP contribution in [0.4, 0.5) is 0 Å². The van der Waals surface area contributed by atoms with E-state index in [-0.39, 0.29) is 0 Å². The summed E-state index contributed by atoms with van der Waals surface area (Å²) in [5.41, 5.74) is 0. The van der Waals surface area contributed by atoms with Crippen LogP contribution < -0.4 is 0 Å². The third-order valence-corrected chi connectivity index (χ3v) is 2.71. The molecule has 0 amide bonds. The van der Waals surface area contributed by atoms with E-state index in [1.54, 1.807) is 0 Å². The molecule has 0 aliphatic heterocycles. The lowest BCUT2D eigenvalue weighted by molar-refractivity contribution is 0.675. The lowest BCUT2D eigenvalue weighted by Crippen LogP contribution is -1.71. The summed E-state index contributed by atoms with van der Waals surface area (Å²) in [5.74, 6) is 0. The lowest BCUT2D eigenvalue weighted by Gasteiger charge is -1.91. The highest BCUT2D eigenvalue weighted by Crippen LogP contribution is 2.01. The summed E-state index contributed by atoms with van der Waals surface area (Å²) in [4.78, 5) is 0. The Hall–Kier alpha value is -1.56. The van der Waals surface area contributed by atoms with Gasteiger partial charge in [-0.3, -0.25) is 0 Å². The number of allylic oxidation sites excluding steroid dienone is 6. The Bertz CT molecular complexity index is 211. The predicted octanol–water partition coefficient (Wildman–Crippen LogP) is 11.1. The van der Waals surface area contributed by atoms with Gasteiger partial charge in [0.1, 0.15) is 0 Å². The van der Waals surface area contributed by atoms with Crippen molar-refractivity contribution >= 4 is 0 Å². The van der Waals surface area contributed by atoms with Crippen LogP contribution in [0.3, 0.4) is 0 Å². The first-order valence-corrected chi connectivity index (χ1v) is 11.1. The molecule has 0 atom stereocenters. The van der Waals surface area contributed by atoms with Crippen LogP contribution in [0.2, 0.25) is 0 Å². The Kier molecular flexibility index (Phi) is 107. The molecule has 0 aromatic heterocycles. The molecule has 0 nitrogen and oxygen atoms in total. The quantitative estimate of drug-likeness (QED) is 0.256. The molecule has 0 radical (unpaired) electrons. The van der Waals surface area contributed by atoms with E-state index in [2.05, 4.69) is 81.0 Å². The van der Waals surface area contributed by atoms with Crippen LogP contribution in [0.25, 0.3) is 0 Å². The summed E-state index contributed by atoms with van der Waals surface area (Å²) in [6.07, 6.45) is 23.4. The molecule has 0 rings (SSSR count). The Morgan fingerprint density at radius 1 is 0.393 bits per heavy atom. The van der Waals surface area contributed by atoms with Crippen LogP contribution in [0.5, 0.6) is 0 Å². The largest absolute Gasteiger partial charge is 0.103 e. The van der Waals surface area contributed by atoms with Crippen molar-refractivity contribution in [2.45, 2.75) is 106 Å². The van der Waals surface area contributed by atoms with Gasteiger partial charge in [0, 0.05) is 0 Å². The number of hydrogen-bond donors (Lipinski definition) is 0. The minimum atomic E-state index is 1.08. The van der Waals surface area contributed by atoms with E-state index >= 15 is 0 Å². The van der Waals surface area contributed by atoms with Gasteiger partial charge in [-0.2, -0.15) is 0 Å². The molecule has 0 saturated heterocycles. The van der Waals surface area contributed by atoms with Crippen LogP contribution in [-0.4, -0.2) is 0 Å². The van der Waals surface area contributed by atoms with Crippen LogP contribution >= 0.6 is 0 Å². The summed E-state index contributed by atoms with van der Waals surface area (Å²) in [7, 11) is 0. The first-order chi connectivity index (χ1) is 13.5. The van der Waals surface area contributed by atoms with Crippen molar-refractivity contribution in [3.05, 3.63) is 75.9 Å². The van der Waals surface area contributed by atoms with E-state index in [0.717, 1.165) is 32.1 Å². The van der Waals surface area contributed by atoms with Gasteiger partial charge in [0.25, 0.3) is 0 Å². The van der Waals surface area contributed by atoms with Crippen molar-refractivity contribution < 1.29 is 0 Å². The fourth-order valence-corrected chi connectivity index (χ4v) is 0.715. The molecular weight excluding hydrogens is 336 g/mol. The van der Waals surface area contributed by atoms with Gasteiger partial charge in [-0.1, -0.05) is 97.3 Å². The molecule has 0 heteroatoms. The minimum Gasteiger partial charge on any atom is -0.103 e. The van der Waals surface area contributed by atoms with Crippen molar-refractivity contribution in [3.8, 4) is 0 Å². The van der Waals surface area contributed by atoms with E-state index in [9.17, 15) is 0 Å². The highest BCUT2D eigenvalue weighted by atomic mass is 13.9. The van der Waals surface area contributed by atoms with E-state index in [0.29, 0.717) is 0 Å². The number of unbranched alkanes of at least 4 members (excludes halogenated alkanes) is 4. The average Bonchev–Trinajstić information content (AvgIpc) is 2.77. The van der Waals surface area contributed by atoms with E-state index in [1.165, 1.54) is 32.1 Å². The molecule has 0 saturated carbocycles. The first kappa shape index (κ1) is 41.0. The third-order valence-electron chi connectivity index (χ3n) is 2.71. The molecule has 28 heavy (non-hydrogen) atoms. The predicted molar refractivity (Wildman–Crippen MR) is 141 cm³/mol. The maximum Gasteiger partial charge on any atom is -0.0353 e. The third kappa shape index (κ3) is 189. The van der Waals surface area contributed by atoms with Gasteiger partial charge in [-0.25, -0.2) is 0 Å². The van der Waals surface area contributed by atoms with Gasteiger partial charge in [-0.05, 0) is 44.9 Å².